The van der Waals surface area contributed by atoms with Crippen LogP contribution in [-0.4, -0.2) is 50.4 Å². The average Bonchev–Trinajstić information content (AvgIpc) is 3.25. The topological polar surface area (TPSA) is 122 Å². The Labute approximate surface area is 179 Å². The Bertz CT molecular complexity index is 1170. The minimum Gasteiger partial charge on any atom is -0.495 e. The highest BCUT2D eigenvalue weighted by molar-refractivity contribution is 7.90. The Morgan fingerprint density at radius 3 is 2.32 bits per heavy atom. The normalized spacial score (nSPS) is 11.1. The summed E-state index contributed by atoms with van der Waals surface area (Å²) in [5, 5.41) is 4.12. The Morgan fingerprint density at radius 2 is 1.77 bits per heavy atom. The lowest BCUT2D eigenvalue weighted by atomic mass is 10.2. The third-order valence-electron chi connectivity index (χ3n) is 4.36. The second-order valence-electron chi connectivity index (χ2n) is 6.50. The van der Waals surface area contributed by atoms with Gasteiger partial charge in [-0.25, -0.2) is 18.1 Å². The maximum atomic E-state index is 13.0. The van der Waals surface area contributed by atoms with Crippen LogP contribution < -0.4 is 18.9 Å². The van der Waals surface area contributed by atoms with Crippen molar-refractivity contribution in [3.63, 3.8) is 0 Å². The first-order valence-corrected chi connectivity index (χ1v) is 10.6. The summed E-state index contributed by atoms with van der Waals surface area (Å²) >= 11 is 0. The standard InChI is InChI=1S/C20H22N4O6S/c1-13-10-16(28-2)18(17(11-13)29-3)31(26,27)23-19(25)15-7-6-14(20(22-15)30-4)12-24-9-5-8-21-24/h5-11H,12H2,1-4H3,(H,23,25). The van der Waals surface area contributed by atoms with E-state index in [-0.39, 0.29) is 28.0 Å². The van der Waals surface area contributed by atoms with Crippen molar-refractivity contribution in [2.45, 2.75) is 18.4 Å². The van der Waals surface area contributed by atoms with Gasteiger partial charge in [-0.15, -0.1) is 0 Å². The van der Waals surface area contributed by atoms with Gasteiger partial charge in [-0.1, -0.05) is 0 Å². The number of benzene rings is 1. The maximum absolute atomic E-state index is 13.0. The number of nitrogens with one attached hydrogen (secondary N) is 1. The number of pyridine rings is 1. The fraction of sp³-hybridized carbons (Fsp3) is 0.250. The van der Waals surface area contributed by atoms with Gasteiger partial charge in [0.15, 0.2) is 4.90 Å². The van der Waals surface area contributed by atoms with E-state index in [9.17, 15) is 13.2 Å². The molecule has 1 aromatic carbocycles. The Balaban J connectivity index is 1.91. The number of carbonyl (C=O) groups excluding carboxylic acids is 1. The second-order valence-corrected chi connectivity index (χ2v) is 8.12. The average molecular weight is 446 g/mol. The number of hydrogen-bond acceptors (Lipinski definition) is 8. The van der Waals surface area contributed by atoms with E-state index in [0.29, 0.717) is 12.1 Å². The molecule has 2 aromatic heterocycles. The molecule has 3 aromatic rings. The molecule has 0 aliphatic heterocycles. The summed E-state index contributed by atoms with van der Waals surface area (Å²) in [6, 6.07) is 7.89. The van der Waals surface area contributed by atoms with Crippen LogP contribution in [0, 0.1) is 6.92 Å². The van der Waals surface area contributed by atoms with E-state index >= 15 is 0 Å². The van der Waals surface area contributed by atoms with Crippen LogP contribution in [0.3, 0.4) is 0 Å². The van der Waals surface area contributed by atoms with Crippen LogP contribution in [0.25, 0.3) is 0 Å². The van der Waals surface area contributed by atoms with Crippen LogP contribution in [0.4, 0.5) is 0 Å². The van der Waals surface area contributed by atoms with Gasteiger partial charge in [0.05, 0.1) is 27.9 Å². The van der Waals surface area contributed by atoms with Crippen LogP contribution >= 0.6 is 0 Å². The molecule has 0 aliphatic rings. The first-order valence-electron chi connectivity index (χ1n) is 9.10. The van der Waals surface area contributed by atoms with E-state index < -0.39 is 15.9 Å². The number of methoxy groups -OCH3 is 3. The van der Waals surface area contributed by atoms with Gasteiger partial charge in [-0.3, -0.25) is 9.48 Å². The van der Waals surface area contributed by atoms with E-state index in [2.05, 4.69) is 10.1 Å². The highest BCUT2D eigenvalue weighted by Gasteiger charge is 2.28. The van der Waals surface area contributed by atoms with E-state index in [1.165, 1.54) is 39.5 Å². The second kappa shape index (κ2) is 9.04. The number of nitrogens with zero attached hydrogens (tertiary/aromatic N) is 3. The summed E-state index contributed by atoms with van der Waals surface area (Å²) in [6.45, 7) is 2.14. The minimum atomic E-state index is -4.33. The highest BCUT2D eigenvalue weighted by atomic mass is 32.2. The van der Waals surface area contributed by atoms with Crippen LogP contribution in [0.5, 0.6) is 17.4 Å². The molecule has 10 nitrogen and oxygen atoms in total. The molecule has 164 valence electrons. The molecule has 0 radical (unpaired) electrons. The summed E-state index contributed by atoms with van der Waals surface area (Å²) < 4.78 is 45.2. The van der Waals surface area contributed by atoms with Crippen molar-refractivity contribution < 1.29 is 27.4 Å². The van der Waals surface area contributed by atoms with Crippen molar-refractivity contribution in [2.75, 3.05) is 21.3 Å². The van der Waals surface area contributed by atoms with Crippen molar-refractivity contribution in [1.82, 2.24) is 19.5 Å². The van der Waals surface area contributed by atoms with Gasteiger partial charge in [-0.05, 0) is 42.8 Å². The third-order valence-corrected chi connectivity index (χ3v) is 5.75. The molecule has 3 rings (SSSR count). The summed E-state index contributed by atoms with van der Waals surface area (Å²) in [6.07, 6.45) is 3.41. The lowest BCUT2D eigenvalue weighted by Gasteiger charge is -2.15. The molecular weight excluding hydrogens is 424 g/mol. The summed E-state index contributed by atoms with van der Waals surface area (Å²) in [5.74, 6) is -0.630. The molecular formula is C20H22N4O6S. The number of amides is 1. The molecule has 0 unspecified atom stereocenters. The molecule has 0 saturated carbocycles. The smallest absolute Gasteiger partial charge is 0.283 e. The van der Waals surface area contributed by atoms with Crippen LogP contribution in [0.2, 0.25) is 0 Å². The number of hydrogen-bond donors (Lipinski definition) is 1. The molecule has 31 heavy (non-hydrogen) atoms. The van der Waals surface area contributed by atoms with Gasteiger partial charge in [0.25, 0.3) is 15.9 Å². The maximum Gasteiger partial charge on any atom is 0.283 e. The van der Waals surface area contributed by atoms with E-state index in [1.54, 1.807) is 36.1 Å². The number of carbonyl (C=O) groups is 1. The van der Waals surface area contributed by atoms with E-state index in [4.69, 9.17) is 14.2 Å². The fourth-order valence-electron chi connectivity index (χ4n) is 2.96. The van der Waals surface area contributed by atoms with Gasteiger partial charge in [0, 0.05) is 18.0 Å². The molecule has 0 aliphatic carbocycles. The third kappa shape index (κ3) is 4.77. The van der Waals surface area contributed by atoms with Crippen LogP contribution in [0.15, 0.2) is 47.6 Å². The summed E-state index contributed by atoms with van der Waals surface area (Å²) in [7, 11) is -0.247. The van der Waals surface area contributed by atoms with Crippen molar-refractivity contribution >= 4 is 15.9 Å². The lowest BCUT2D eigenvalue weighted by molar-refractivity contribution is 0.0975. The van der Waals surface area contributed by atoms with Crippen molar-refractivity contribution in [3.8, 4) is 17.4 Å². The van der Waals surface area contributed by atoms with Gasteiger partial charge < -0.3 is 14.2 Å². The molecule has 1 amide bonds. The van der Waals surface area contributed by atoms with Gasteiger partial charge in [0.1, 0.15) is 17.2 Å². The largest absolute Gasteiger partial charge is 0.495 e. The zero-order valence-electron chi connectivity index (χ0n) is 17.4. The fourth-order valence-corrected chi connectivity index (χ4v) is 4.23. The Hall–Kier alpha value is -3.60. The molecule has 0 spiro atoms. The van der Waals surface area contributed by atoms with Gasteiger partial charge in [-0.2, -0.15) is 5.10 Å². The number of aryl methyl sites for hydroxylation is 1. The van der Waals surface area contributed by atoms with E-state index in [1.807, 2.05) is 4.72 Å². The molecule has 11 heteroatoms. The van der Waals surface area contributed by atoms with E-state index in [0.717, 1.165) is 5.56 Å². The quantitative estimate of drug-likeness (QED) is 0.556. The molecule has 0 saturated heterocycles. The first-order chi connectivity index (χ1) is 14.8. The summed E-state index contributed by atoms with van der Waals surface area (Å²) in [5.41, 5.74) is 1.28. The van der Waals surface area contributed by atoms with Crippen molar-refractivity contribution in [1.29, 1.82) is 0 Å². The summed E-state index contributed by atoms with van der Waals surface area (Å²) in [4.78, 5) is 16.6. The zero-order chi connectivity index (χ0) is 22.6. The monoisotopic (exact) mass is 446 g/mol. The number of ether oxygens (including phenoxy) is 3. The molecule has 0 atom stereocenters. The van der Waals surface area contributed by atoms with Crippen molar-refractivity contribution in [3.05, 3.63) is 59.5 Å². The minimum absolute atomic E-state index is 0.0530. The first kappa shape index (κ1) is 22.1. The molecule has 0 fully saturated rings. The van der Waals surface area contributed by atoms with Crippen molar-refractivity contribution in [2.24, 2.45) is 0 Å². The molecule has 1 N–H and O–H groups in total. The van der Waals surface area contributed by atoms with Crippen LogP contribution in [-0.2, 0) is 16.6 Å². The Morgan fingerprint density at radius 1 is 1.10 bits per heavy atom. The SMILES string of the molecule is COc1cc(C)cc(OC)c1S(=O)(=O)NC(=O)c1ccc(Cn2cccn2)c(OC)n1. The van der Waals surface area contributed by atoms with Gasteiger partial charge in [0.2, 0.25) is 5.88 Å². The predicted molar refractivity (Wildman–Crippen MR) is 111 cm³/mol. The molecule has 2 heterocycles. The number of sulfonamides is 1. The Kier molecular flexibility index (Phi) is 6.44. The molecule has 0 bridgehead atoms. The lowest BCUT2D eigenvalue weighted by Crippen LogP contribution is -2.32. The zero-order valence-corrected chi connectivity index (χ0v) is 18.3. The predicted octanol–water partition coefficient (Wildman–Crippen LogP) is 1.78. The van der Waals surface area contributed by atoms with Crippen LogP contribution in [0.1, 0.15) is 21.6 Å². The number of rotatable bonds is 8. The number of aromatic nitrogens is 3. The van der Waals surface area contributed by atoms with Gasteiger partial charge >= 0.3 is 0 Å². The highest BCUT2D eigenvalue weighted by Crippen LogP contribution is 2.34.